The number of nitrogens with zero attached hydrogens (tertiary/aromatic N) is 1. The number of benzene rings is 1. The topological polar surface area (TPSA) is 80.2 Å². The number of fused-ring (bicyclic) bond motifs is 1. The number of hydrogen-bond donors (Lipinski definition) is 2. The normalized spacial score (nSPS) is 28.6. The van der Waals surface area contributed by atoms with Gasteiger partial charge < -0.3 is 15.2 Å². The molecular formula is C25H31N3O3. The Labute approximate surface area is 182 Å². The monoisotopic (exact) mass is 421 g/mol. The molecule has 4 aliphatic carbocycles. The first-order valence-corrected chi connectivity index (χ1v) is 11.6. The van der Waals surface area contributed by atoms with E-state index in [1.54, 1.807) is 16.8 Å². The molecule has 4 saturated carbocycles. The minimum atomic E-state index is -0.113. The summed E-state index contributed by atoms with van der Waals surface area (Å²) in [6, 6.07) is 7.37. The molecule has 1 aromatic heterocycles. The van der Waals surface area contributed by atoms with Crippen LogP contribution in [0.5, 0.6) is 0 Å². The highest BCUT2D eigenvalue weighted by Gasteiger charge is 2.51. The van der Waals surface area contributed by atoms with E-state index in [2.05, 4.69) is 10.6 Å². The molecule has 2 amide bonds. The summed E-state index contributed by atoms with van der Waals surface area (Å²) in [5.74, 6) is 2.44. The third-order valence-corrected chi connectivity index (χ3v) is 7.72. The molecule has 0 unspecified atom stereocenters. The average molecular weight is 422 g/mol. The van der Waals surface area contributed by atoms with Crippen molar-refractivity contribution in [2.45, 2.75) is 58.4 Å². The van der Waals surface area contributed by atoms with E-state index in [0.717, 1.165) is 23.1 Å². The summed E-state index contributed by atoms with van der Waals surface area (Å²) in [6.45, 7) is 2.28. The molecule has 0 atom stereocenters. The Morgan fingerprint density at radius 3 is 2.35 bits per heavy atom. The Kier molecular flexibility index (Phi) is 5.11. The molecular weight excluding hydrogens is 390 g/mol. The molecule has 4 aliphatic rings. The first kappa shape index (κ1) is 20.3. The van der Waals surface area contributed by atoms with Gasteiger partial charge in [-0.25, -0.2) is 0 Å². The maximum absolute atomic E-state index is 13.1. The van der Waals surface area contributed by atoms with E-state index in [0.29, 0.717) is 30.6 Å². The van der Waals surface area contributed by atoms with Gasteiger partial charge in [-0.1, -0.05) is 6.07 Å². The van der Waals surface area contributed by atoms with Gasteiger partial charge in [0.25, 0.3) is 5.56 Å². The zero-order valence-corrected chi connectivity index (χ0v) is 18.2. The van der Waals surface area contributed by atoms with Gasteiger partial charge in [0, 0.05) is 49.1 Å². The minimum absolute atomic E-state index is 0.0734. The van der Waals surface area contributed by atoms with E-state index in [4.69, 9.17) is 0 Å². The van der Waals surface area contributed by atoms with Crippen molar-refractivity contribution in [2.24, 2.45) is 23.2 Å². The second kappa shape index (κ2) is 7.81. The lowest BCUT2D eigenvalue weighted by Crippen LogP contribution is -2.47. The molecule has 0 radical (unpaired) electrons. The second-order valence-electron chi connectivity index (χ2n) is 10.2. The van der Waals surface area contributed by atoms with Gasteiger partial charge in [-0.15, -0.1) is 0 Å². The molecule has 4 bridgehead atoms. The third kappa shape index (κ3) is 4.00. The minimum Gasteiger partial charge on any atom is -0.355 e. The van der Waals surface area contributed by atoms with Crippen molar-refractivity contribution >= 4 is 28.3 Å². The summed E-state index contributed by atoms with van der Waals surface area (Å²) in [5, 5.41) is 7.18. The van der Waals surface area contributed by atoms with Gasteiger partial charge in [-0.2, -0.15) is 0 Å². The Morgan fingerprint density at radius 1 is 1.03 bits per heavy atom. The van der Waals surface area contributed by atoms with Gasteiger partial charge in [0.15, 0.2) is 0 Å². The quantitative estimate of drug-likeness (QED) is 0.747. The number of amides is 2. The number of carbonyl (C=O) groups excluding carboxylic acids is 2. The Hall–Kier alpha value is -2.63. The Balaban J connectivity index is 1.32. The van der Waals surface area contributed by atoms with Crippen LogP contribution in [0.3, 0.4) is 0 Å². The summed E-state index contributed by atoms with van der Waals surface area (Å²) in [7, 11) is 0. The molecule has 0 saturated heterocycles. The van der Waals surface area contributed by atoms with Gasteiger partial charge in [0.1, 0.15) is 0 Å². The molecule has 2 N–H and O–H groups in total. The van der Waals surface area contributed by atoms with Gasteiger partial charge in [0.05, 0.1) is 0 Å². The van der Waals surface area contributed by atoms with Crippen molar-refractivity contribution in [3.8, 4) is 0 Å². The number of hydrogen-bond acceptors (Lipinski definition) is 3. The number of aromatic nitrogens is 1. The van der Waals surface area contributed by atoms with Crippen LogP contribution in [0.15, 0.2) is 35.3 Å². The molecule has 0 aliphatic heterocycles. The van der Waals surface area contributed by atoms with Crippen LogP contribution in [0, 0.1) is 23.2 Å². The van der Waals surface area contributed by atoms with Crippen LogP contribution in [0.2, 0.25) is 0 Å². The Morgan fingerprint density at radius 2 is 1.71 bits per heavy atom. The average Bonchev–Trinajstić information content (AvgIpc) is 2.68. The molecule has 2 aromatic rings. The van der Waals surface area contributed by atoms with Crippen LogP contribution in [0.25, 0.3) is 10.8 Å². The number of anilines is 1. The molecule has 6 nitrogen and oxygen atoms in total. The maximum Gasteiger partial charge on any atom is 0.258 e. The molecule has 6 rings (SSSR count). The number of pyridine rings is 1. The number of carbonyl (C=O) groups is 2. The number of nitrogens with one attached hydrogen (secondary N) is 2. The fraction of sp³-hybridized carbons (Fsp3) is 0.560. The fourth-order valence-electron chi connectivity index (χ4n) is 7.00. The van der Waals surface area contributed by atoms with E-state index < -0.39 is 0 Å². The summed E-state index contributed by atoms with van der Waals surface area (Å²) in [5.41, 5.74) is 0.790. The zero-order chi connectivity index (χ0) is 21.6. The van der Waals surface area contributed by atoms with Crippen LogP contribution in [-0.2, 0) is 16.1 Å². The lowest BCUT2D eigenvalue weighted by Gasteiger charge is -2.56. The highest BCUT2D eigenvalue weighted by Crippen LogP contribution is 2.61. The standard InChI is InChI=1S/C25H31N3O3/c1-16(29)26-6-8-28-7-5-20-21(24(28)31)3-2-4-22(20)27-23(30)15-25-12-17-9-18(13-25)11-19(10-17)14-25/h2-5,7,17-19H,6,8-15H2,1H3,(H,26,29)(H,27,30). The Bertz CT molecular complexity index is 1050. The fourth-order valence-corrected chi connectivity index (χ4v) is 7.00. The predicted octanol–water partition coefficient (Wildman–Crippen LogP) is 3.68. The van der Waals surface area contributed by atoms with E-state index in [9.17, 15) is 14.4 Å². The third-order valence-electron chi connectivity index (χ3n) is 7.72. The summed E-state index contributed by atoms with van der Waals surface area (Å²) in [4.78, 5) is 37.0. The van der Waals surface area contributed by atoms with Crippen LogP contribution in [-0.4, -0.2) is 22.9 Å². The smallest absolute Gasteiger partial charge is 0.258 e. The largest absolute Gasteiger partial charge is 0.355 e. The molecule has 4 fully saturated rings. The van der Waals surface area contributed by atoms with Crippen LogP contribution >= 0.6 is 0 Å². The molecule has 1 aromatic carbocycles. The molecule has 164 valence electrons. The van der Waals surface area contributed by atoms with Crippen molar-refractivity contribution in [1.29, 1.82) is 0 Å². The van der Waals surface area contributed by atoms with E-state index in [1.807, 2.05) is 18.2 Å². The lowest BCUT2D eigenvalue weighted by molar-refractivity contribution is -0.124. The van der Waals surface area contributed by atoms with Crippen LogP contribution in [0.4, 0.5) is 5.69 Å². The lowest BCUT2D eigenvalue weighted by atomic mass is 9.49. The molecule has 6 heteroatoms. The van der Waals surface area contributed by atoms with Gasteiger partial charge in [-0.3, -0.25) is 14.4 Å². The second-order valence-corrected chi connectivity index (χ2v) is 10.2. The van der Waals surface area contributed by atoms with Crippen molar-refractivity contribution in [3.63, 3.8) is 0 Å². The first-order chi connectivity index (χ1) is 14.9. The van der Waals surface area contributed by atoms with Crippen molar-refractivity contribution in [3.05, 3.63) is 40.8 Å². The maximum atomic E-state index is 13.1. The van der Waals surface area contributed by atoms with Crippen molar-refractivity contribution in [2.75, 3.05) is 11.9 Å². The SMILES string of the molecule is CC(=O)NCCn1ccc2c(NC(=O)CC34CC5CC(CC(C5)C3)C4)cccc2c1=O. The first-order valence-electron chi connectivity index (χ1n) is 11.6. The van der Waals surface area contributed by atoms with Crippen molar-refractivity contribution in [1.82, 2.24) is 9.88 Å². The summed E-state index contributed by atoms with van der Waals surface area (Å²) >= 11 is 0. The molecule has 31 heavy (non-hydrogen) atoms. The van der Waals surface area contributed by atoms with Crippen LogP contribution < -0.4 is 16.2 Å². The summed E-state index contributed by atoms with van der Waals surface area (Å²) < 4.78 is 1.60. The van der Waals surface area contributed by atoms with Gasteiger partial charge in [-0.05, 0) is 79.9 Å². The van der Waals surface area contributed by atoms with Gasteiger partial charge >= 0.3 is 0 Å². The van der Waals surface area contributed by atoms with E-state index in [1.165, 1.54) is 45.4 Å². The molecule has 1 heterocycles. The predicted molar refractivity (Wildman–Crippen MR) is 121 cm³/mol. The van der Waals surface area contributed by atoms with E-state index >= 15 is 0 Å². The highest BCUT2D eigenvalue weighted by molar-refractivity contribution is 6.02. The number of rotatable bonds is 6. The van der Waals surface area contributed by atoms with Crippen molar-refractivity contribution < 1.29 is 9.59 Å². The summed E-state index contributed by atoms with van der Waals surface area (Å²) in [6.07, 6.45) is 10.1. The zero-order valence-electron chi connectivity index (χ0n) is 18.2. The van der Waals surface area contributed by atoms with E-state index in [-0.39, 0.29) is 22.8 Å². The highest BCUT2D eigenvalue weighted by atomic mass is 16.2. The molecule has 0 spiro atoms. The van der Waals surface area contributed by atoms with Gasteiger partial charge in [0.2, 0.25) is 11.8 Å². The van der Waals surface area contributed by atoms with Crippen LogP contribution in [0.1, 0.15) is 51.9 Å².